The predicted molar refractivity (Wildman–Crippen MR) is 143 cm³/mol. The summed E-state index contributed by atoms with van der Waals surface area (Å²) in [4.78, 5) is 34.3. The summed E-state index contributed by atoms with van der Waals surface area (Å²) in [5.41, 5.74) is 0.936. The molecule has 0 saturated heterocycles. The molecular formula is C26H28ClN3O5Si. The summed E-state index contributed by atoms with van der Waals surface area (Å²) in [6, 6.07) is 16.2. The summed E-state index contributed by atoms with van der Waals surface area (Å²) in [7, 11) is -1.73. The quantitative estimate of drug-likeness (QED) is 0.148. The van der Waals surface area contributed by atoms with E-state index in [0.717, 1.165) is 60.2 Å². The zero-order valence-corrected chi connectivity index (χ0v) is 22.0. The van der Waals surface area contributed by atoms with E-state index in [4.69, 9.17) is 11.1 Å². The van der Waals surface area contributed by atoms with Crippen molar-refractivity contribution in [1.29, 1.82) is 0 Å². The SMILES string of the molecule is C[Si](C)(Cl)CCC[C@@H]1CCc2ccc3ccccc3c2[C@@H]1NC(=O)c1ccc([N+](=O)[O-])c([N+](=O)[O-])c1. The van der Waals surface area contributed by atoms with Gasteiger partial charge in [-0.15, -0.1) is 0 Å². The van der Waals surface area contributed by atoms with Crippen molar-refractivity contribution in [2.45, 2.75) is 50.9 Å². The molecule has 1 N–H and O–H groups in total. The molecule has 4 rings (SSSR count). The Bertz CT molecular complexity index is 1340. The van der Waals surface area contributed by atoms with Crippen LogP contribution in [-0.4, -0.2) is 23.1 Å². The highest BCUT2D eigenvalue weighted by Crippen LogP contribution is 2.42. The second kappa shape index (κ2) is 10.4. The van der Waals surface area contributed by atoms with Crippen molar-refractivity contribution in [2.24, 2.45) is 5.92 Å². The number of hydrogen-bond donors (Lipinski definition) is 1. The van der Waals surface area contributed by atoms with Crippen LogP contribution in [0.3, 0.4) is 0 Å². The van der Waals surface area contributed by atoms with Gasteiger partial charge in [-0.25, -0.2) is 0 Å². The topological polar surface area (TPSA) is 115 Å². The van der Waals surface area contributed by atoms with Gasteiger partial charge in [0, 0.05) is 17.7 Å². The number of rotatable bonds is 8. The Morgan fingerprint density at radius 2 is 1.78 bits per heavy atom. The fraction of sp³-hybridized carbons (Fsp3) is 0.346. The van der Waals surface area contributed by atoms with Crippen molar-refractivity contribution in [3.8, 4) is 0 Å². The van der Waals surface area contributed by atoms with E-state index in [1.165, 1.54) is 11.6 Å². The second-order valence-corrected chi connectivity index (χ2v) is 16.9. The molecule has 3 aromatic carbocycles. The molecule has 8 nitrogen and oxygen atoms in total. The number of fused-ring (bicyclic) bond motifs is 3. The molecule has 0 bridgehead atoms. The Morgan fingerprint density at radius 3 is 2.47 bits per heavy atom. The summed E-state index contributed by atoms with van der Waals surface area (Å²) in [5, 5.41) is 27.9. The lowest BCUT2D eigenvalue weighted by molar-refractivity contribution is -0.422. The number of aryl methyl sites for hydroxylation is 1. The lowest BCUT2D eigenvalue weighted by atomic mass is 9.75. The zero-order valence-electron chi connectivity index (χ0n) is 20.2. The minimum absolute atomic E-state index is 0.0210. The van der Waals surface area contributed by atoms with Crippen molar-refractivity contribution < 1.29 is 14.6 Å². The van der Waals surface area contributed by atoms with Crippen molar-refractivity contribution >= 4 is 46.5 Å². The van der Waals surface area contributed by atoms with Gasteiger partial charge in [0.1, 0.15) is 7.38 Å². The van der Waals surface area contributed by atoms with E-state index >= 15 is 0 Å². The largest absolute Gasteiger partial charge is 0.346 e. The molecule has 0 unspecified atom stereocenters. The van der Waals surface area contributed by atoms with Crippen LogP contribution < -0.4 is 5.32 Å². The highest BCUT2D eigenvalue weighted by Gasteiger charge is 2.33. The van der Waals surface area contributed by atoms with Crippen LogP contribution in [-0.2, 0) is 6.42 Å². The Balaban J connectivity index is 1.71. The number of nitrogens with one attached hydrogen (secondary N) is 1. The van der Waals surface area contributed by atoms with E-state index in [-0.39, 0.29) is 17.5 Å². The average molecular weight is 526 g/mol. The number of nitro groups is 2. The van der Waals surface area contributed by atoms with E-state index in [2.05, 4.69) is 36.6 Å². The molecule has 1 aliphatic carbocycles. The molecule has 1 aliphatic rings. The Labute approximate surface area is 214 Å². The van der Waals surface area contributed by atoms with Gasteiger partial charge in [0.2, 0.25) is 0 Å². The highest BCUT2D eigenvalue weighted by atomic mass is 35.6. The number of amides is 1. The van der Waals surface area contributed by atoms with Gasteiger partial charge < -0.3 is 5.32 Å². The molecular weight excluding hydrogens is 498 g/mol. The number of nitrogens with zero attached hydrogens (tertiary/aromatic N) is 2. The maximum atomic E-state index is 13.4. The zero-order chi connectivity index (χ0) is 26.0. The summed E-state index contributed by atoms with van der Waals surface area (Å²) >= 11 is 6.55. The molecule has 188 valence electrons. The van der Waals surface area contributed by atoms with Crippen molar-refractivity contribution in [1.82, 2.24) is 5.32 Å². The van der Waals surface area contributed by atoms with Crippen LogP contribution >= 0.6 is 11.1 Å². The maximum absolute atomic E-state index is 13.4. The minimum Gasteiger partial charge on any atom is -0.345 e. The van der Waals surface area contributed by atoms with E-state index in [0.29, 0.717) is 0 Å². The molecule has 0 saturated carbocycles. The second-order valence-electron chi connectivity index (χ2n) is 9.94. The van der Waals surface area contributed by atoms with Crippen molar-refractivity contribution in [3.05, 3.63) is 91.5 Å². The minimum atomic E-state index is -1.73. The van der Waals surface area contributed by atoms with E-state index in [1.807, 2.05) is 18.2 Å². The third kappa shape index (κ3) is 5.57. The number of halogens is 1. The van der Waals surface area contributed by atoms with E-state index in [9.17, 15) is 25.0 Å². The molecule has 3 aromatic rings. The van der Waals surface area contributed by atoms with Crippen LogP contribution in [0, 0.1) is 26.1 Å². The number of nitro benzene ring substituents is 2. The van der Waals surface area contributed by atoms with Crippen molar-refractivity contribution in [3.63, 3.8) is 0 Å². The molecule has 36 heavy (non-hydrogen) atoms. The molecule has 0 spiro atoms. The molecule has 0 heterocycles. The highest BCUT2D eigenvalue weighted by molar-refractivity contribution is 7.19. The number of hydrogen-bond acceptors (Lipinski definition) is 5. The maximum Gasteiger partial charge on any atom is 0.346 e. The van der Waals surface area contributed by atoms with Crippen LogP contribution in [0.1, 0.15) is 46.8 Å². The van der Waals surface area contributed by atoms with Crippen LogP contribution in [0.15, 0.2) is 54.6 Å². The fourth-order valence-electron chi connectivity index (χ4n) is 5.14. The first kappa shape index (κ1) is 25.8. The molecule has 10 heteroatoms. The normalized spacial score (nSPS) is 17.4. The summed E-state index contributed by atoms with van der Waals surface area (Å²) < 4.78 is 0. The van der Waals surface area contributed by atoms with Crippen LogP contribution in [0.25, 0.3) is 10.8 Å². The van der Waals surface area contributed by atoms with E-state index < -0.39 is 34.5 Å². The average Bonchev–Trinajstić information content (AvgIpc) is 2.83. The van der Waals surface area contributed by atoms with Gasteiger partial charge in [-0.3, -0.25) is 25.0 Å². The molecule has 0 radical (unpaired) electrons. The number of carbonyl (C=O) groups excluding carboxylic acids is 1. The standard InChI is InChI=1S/C26H28ClN3O5Si/c1-36(2,27)15-5-7-19-12-11-18-10-9-17-6-3-4-8-21(17)24(18)25(19)28-26(31)20-13-14-22(29(32)33)23(16-20)30(34)35/h3-4,6,8-10,13-14,16,19,25H,5,7,11-12,15H2,1-2H3,(H,28,31)/t19-,25-/m1/s1. The summed E-state index contributed by atoms with van der Waals surface area (Å²) in [5.74, 6) is -0.316. The van der Waals surface area contributed by atoms with Crippen LogP contribution in [0.5, 0.6) is 0 Å². The van der Waals surface area contributed by atoms with Gasteiger partial charge in [-0.2, -0.15) is 11.1 Å². The summed E-state index contributed by atoms with van der Waals surface area (Å²) in [6.07, 6.45) is 3.67. The molecule has 0 fully saturated rings. The van der Waals surface area contributed by atoms with Crippen LogP contribution in [0.4, 0.5) is 11.4 Å². The molecule has 0 aliphatic heterocycles. The van der Waals surface area contributed by atoms with Gasteiger partial charge in [0.25, 0.3) is 5.91 Å². The van der Waals surface area contributed by atoms with Gasteiger partial charge >= 0.3 is 11.4 Å². The smallest absolute Gasteiger partial charge is 0.345 e. The lowest BCUT2D eigenvalue weighted by Crippen LogP contribution is -2.37. The first-order chi connectivity index (χ1) is 17.0. The van der Waals surface area contributed by atoms with Crippen LogP contribution in [0.2, 0.25) is 19.1 Å². The third-order valence-corrected chi connectivity index (χ3v) is 9.00. The third-order valence-electron chi connectivity index (χ3n) is 6.89. The Kier molecular flexibility index (Phi) is 7.42. The monoisotopic (exact) mass is 525 g/mol. The van der Waals surface area contributed by atoms with Gasteiger partial charge in [-0.1, -0.05) is 55.9 Å². The van der Waals surface area contributed by atoms with Gasteiger partial charge in [-0.05, 0) is 59.2 Å². The molecule has 2 atom stereocenters. The lowest BCUT2D eigenvalue weighted by Gasteiger charge is -2.35. The molecule has 1 amide bonds. The van der Waals surface area contributed by atoms with Gasteiger partial charge in [0.15, 0.2) is 0 Å². The first-order valence-corrected chi connectivity index (χ1v) is 16.2. The first-order valence-electron chi connectivity index (χ1n) is 12.0. The Hall–Kier alpha value is -3.30. The fourth-order valence-corrected chi connectivity index (χ4v) is 6.59. The number of carbonyl (C=O) groups is 1. The van der Waals surface area contributed by atoms with Gasteiger partial charge in [0.05, 0.1) is 15.9 Å². The van der Waals surface area contributed by atoms with Crippen molar-refractivity contribution in [2.75, 3.05) is 0 Å². The summed E-state index contributed by atoms with van der Waals surface area (Å²) in [6.45, 7) is 4.25. The number of benzene rings is 3. The Morgan fingerprint density at radius 1 is 1.06 bits per heavy atom. The molecule has 0 aromatic heterocycles. The predicted octanol–water partition coefficient (Wildman–Crippen LogP) is 6.91. The van der Waals surface area contributed by atoms with E-state index in [1.54, 1.807) is 0 Å².